The lowest BCUT2D eigenvalue weighted by Crippen LogP contribution is -2.40. The maximum atomic E-state index is 12.6. The number of para-hydroxylation sites is 1. The van der Waals surface area contributed by atoms with Gasteiger partial charge in [0.1, 0.15) is 5.82 Å². The second-order valence-electron chi connectivity index (χ2n) is 6.39. The third-order valence-electron chi connectivity index (χ3n) is 4.95. The van der Waals surface area contributed by atoms with Crippen LogP contribution in [0.2, 0.25) is 0 Å². The number of nitrogens with zero attached hydrogens (tertiary/aromatic N) is 3. The first-order chi connectivity index (χ1) is 11.3. The van der Waals surface area contributed by atoms with Crippen LogP contribution in [0.3, 0.4) is 0 Å². The number of carbonyl (C=O) groups excluding carboxylic acids is 1. The zero-order valence-corrected chi connectivity index (χ0v) is 13.2. The van der Waals surface area contributed by atoms with Gasteiger partial charge in [0, 0.05) is 43.6 Å². The molecule has 5 heteroatoms. The fraction of sp³-hybridized carbons (Fsp3) is 0.444. The molecule has 0 spiro atoms. The highest BCUT2D eigenvalue weighted by molar-refractivity contribution is 5.99. The van der Waals surface area contributed by atoms with Crippen LogP contribution < -0.4 is 10.2 Å². The lowest BCUT2D eigenvalue weighted by Gasteiger charge is -2.25. The fourth-order valence-corrected chi connectivity index (χ4v) is 3.72. The van der Waals surface area contributed by atoms with Crippen molar-refractivity contribution in [2.45, 2.75) is 37.8 Å². The molecule has 3 heterocycles. The van der Waals surface area contributed by atoms with Crippen molar-refractivity contribution in [2.75, 3.05) is 18.0 Å². The Hall–Kier alpha value is -2.14. The monoisotopic (exact) mass is 310 g/mol. The summed E-state index contributed by atoms with van der Waals surface area (Å²) < 4.78 is 2.24. The van der Waals surface area contributed by atoms with Gasteiger partial charge in [0.2, 0.25) is 5.91 Å². The van der Waals surface area contributed by atoms with Crippen LogP contribution in [0.15, 0.2) is 42.7 Å². The first-order valence-corrected chi connectivity index (χ1v) is 8.44. The Morgan fingerprint density at radius 1 is 1.17 bits per heavy atom. The number of carbonyl (C=O) groups is 1. The smallest absolute Gasteiger partial charge is 0.244 e. The van der Waals surface area contributed by atoms with Crippen LogP contribution in [0.1, 0.15) is 31.0 Å². The van der Waals surface area contributed by atoms with Crippen LogP contribution in [0, 0.1) is 0 Å². The molecule has 23 heavy (non-hydrogen) atoms. The van der Waals surface area contributed by atoms with E-state index in [1.165, 1.54) is 6.42 Å². The molecule has 2 aliphatic heterocycles. The molecule has 1 N–H and O–H groups in total. The largest absolute Gasteiger partial charge is 0.335 e. The first-order valence-electron chi connectivity index (χ1n) is 8.44. The Labute approximate surface area is 136 Å². The number of anilines is 1. The number of hydrogen-bond acceptors (Lipinski definition) is 3. The van der Waals surface area contributed by atoms with E-state index in [4.69, 9.17) is 0 Å². The van der Waals surface area contributed by atoms with Crippen molar-refractivity contribution >= 4 is 11.6 Å². The highest BCUT2D eigenvalue weighted by atomic mass is 16.2. The van der Waals surface area contributed by atoms with E-state index in [9.17, 15) is 4.79 Å². The number of hydrogen-bond donors (Lipinski definition) is 1. The highest BCUT2D eigenvalue weighted by Gasteiger charge is 2.33. The maximum absolute atomic E-state index is 12.6. The Kier molecular flexibility index (Phi) is 3.87. The lowest BCUT2D eigenvalue weighted by atomic mass is 9.98. The van der Waals surface area contributed by atoms with Gasteiger partial charge in [-0.1, -0.05) is 18.2 Å². The molecule has 0 unspecified atom stereocenters. The van der Waals surface area contributed by atoms with Crippen molar-refractivity contribution in [3.63, 3.8) is 0 Å². The summed E-state index contributed by atoms with van der Waals surface area (Å²) in [5.41, 5.74) is 0.995. The van der Waals surface area contributed by atoms with Crippen molar-refractivity contribution in [1.82, 2.24) is 14.9 Å². The van der Waals surface area contributed by atoms with E-state index in [2.05, 4.69) is 21.1 Å². The van der Waals surface area contributed by atoms with Gasteiger partial charge < -0.3 is 14.8 Å². The molecule has 2 aliphatic rings. The first kappa shape index (κ1) is 14.5. The van der Waals surface area contributed by atoms with E-state index in [0.717, 1.165) is 44.0 Å². The number of fused-ring (bicyclic) bond motifs is 1. The van der Waals surface area contributed by atoms with Gasteiger partial charge in [0.05, 0.1) is 6.04 Å². The molecule has 120 valence electrons. The SMILES string of the molecule is O=C1[C@@H](NC[C@@H]2CCCn3ccnc32)CCN1c1ccccc1. The van der Waals surface area contributed by atoms with Crippen molar-refractivity contribution < 1.29 is 4.79 Å². The van der Waals surface area contributed by atoms with Gasteiger partial charge in [-0.2, -0.15) is 0 Å². The lowest BCUT2D eigenvalue weighted by molar-refractivity contribution is -0.118. The fourth-order valence-electron chi connectivity index (χ4n) is 3.72. The molecule has 5 nitrogen and oxygen atoms in total. The molecule has 0 saturated carbocycles. The minimum atomic E-state index is -0.0689. The summed E-state index contributed by atoms with van der Waals surface area (Å²) in [5.74, 6) is 1.77. The van der Waals surface area contributed by atoms with E-state index in [-0.39, 0.29) is 11.9 Å². The standard InChI is InChI=1S/C18H22N4O/c23-18-16(8-11-22(18)15-6-2-1-3-7-15)20-13-14-5-4-10-21-12-9-19-17(14)21/h1-3,6-7,9,12,14,16,20H,4-5,8,10-11,13H2/t14-,16-/m0/s1. The number of amides is 1. The molecule has 0 aliphatic carbocycles. The van der Waals surface area contributed by atoms with Gasteiger partial charge in [-0.15, -0.1) is 0 Å². The van der Waals surface area contributed by atoms with Gasteiger partial charge in [0.15, 0.2) is 0 Å². The normalized spacial score (nSPS) is 24.0. The molecule has 0 bridgehead atoms. The summed E-state index contributed by atoms with van der Waals surface area (Å²) in [7, 11) is 0. The molecular weight excluding hydrogens is 288 g/mol. The maximum Gasteiger partial charge on any atom is 0.244 e. The Balaban J connectivity index is 1.39. The Morgan fingerprint density at radius 3 is 2.91 bits per heavy atom. The molecule has 1 saturated heterocycles. The van der Waals surface area contributed by atoms with Crippen molar-refractivity contribution in [3.8, 4) is 0 Å². The van der Waals surface area contributed by atoms with Crippen LogP contribution in [0.5, 0.6) is 0 Å². The zero-order chi connectivity index (χ0) is 15.6. The number of rotatable bonds is 4. The van der Waals surface area contributed by atoms with Crippen LogP contribution in [0.25, 0.3) is 0 Å². The molecule has 1 aromatic heterocycles. The highest BCUT2D eigenvalue weighted by Crippen LogP contribution is 2.26. The average molecular weight is 310 g/mol. The van der Waals surface area contributed by atoms with E-state index in [0.29, 0.717) is 5.92 Å². The molecule has 2 aromatic rings. The van der Waals surface area contributed by atoms with Crippen molar-refractivity contribution in [2.24, 2.45) is 0 Å². The molecule has 1 fully saturated rings. The van der Waals surface area contributed by atoms with Gasteiger partial charge in [-0.05, 0) is 31.4 Å². The summed E-state index contributed by atoms with van der Waals surface area (Å²) >= 11 is 0. The van der Waals surface area contributed by atoms with Gasteiger partial charge >= 0.3 is 0 Å². The number of aromatic nitrogens is 2. The van der Waals surface area contributed by atoms with E-state index < -0.39 is 0 Å². The van der Waals surface area contributed by atoms with Crippen molar-refractivity contribution in [1.29, 1.82) is 0 Å². The van der Waals surface area contributed by atoms with Crippen LogP contribution in [-0.2, 0) is 11.3 Å². The Bertz CT molecular complexity index is 681. The van der Waals surface area contributed by atoms with Gasteiger partial charge in [0.25, 0.3) is 0 Å². The summed E-state index contributed by atoms with van der Waals surface area (Å²) in [6.45, 7) is 2.69. The zero-order valence-electron chi connectivity index (χ0n) is 13.2. The number of benzene rings is 1. The molecule has 2 atom stereocenters. The molecule has 4 rings (SSSR count). The predicted molar refractivity (Wildman–Crippen MR) is 89.4 cm³/mol. The number of nitrogens with one attached hydrogen (secondary N) is 1. The van der Waals surface area contributed by atoms with Crippen LogP contribution in [0.4, 0.5) is 5.69 Å². The topological polar surface area (TPSA) is 50.2 Å². The Morgan fingerprint density at radius 2 is 2.04 bits per heavy atom. The van der Waals surface area contributed by atoms with Gasteiger partial charge in [-0.3, -0.25) is 4.79 Å². The van der Waals surface area contributed by atoms with E-state index >= 15 is 0 Å². The van der Waals surface area contributed by atoms with E-state index in [1.807, 2.05) is 41.4 Å². The summed E-state index contributed by atoms with van der Waals surface area (Å²) in [4.78, 5) is 19.0. The molecular formula is C18H22N4O. The minimum absolute atomic E-state index is 0.0689. The molecule has 1 amide bonds. The second kappa shape index (κ2) is 6.16. The number of imidazole rings is 1. The summed E-state index contributed by atoms with van der Waals surface area (Å²) in [6.07, 6.45) is 7.14. The van der Waals surface area contributed by atoms with Crippen LogP contribution >= 0.6 is 0 Å². The molecule has 0 radical (unpaired) electrons. The third kappa shape index (κ3) is 2.77. The third-order valence-corrected chi connectivity index (χ3v) is 4.95. The molecule has 1 aromatic carbocycles. The van der Waals surface area contributed by atoms with Crippen LogP contribution in [-0.4, -0.2) is 34.6 Å². The predicted octanol–water partition coefficient (Wildman–Crippen LogP) is 2.16. The summed E-state index contributed by atoms with van der Waals surface area (Å²) in [5, 5.41) is 3.49. The van der Waals surface area contributed by atoms with Gasteiger partial charge in [-0.25, -0.2) is 4.98 Å². The quantitative estimate of drug-likeness (QED) is 0.941. The van der Waals surface area contributed by atoms with E-state index in [1.54, 1.807) is 0 Å². The van der Waals surface area contributed by atoms with Crippen molar-refractivity contribution in [3.05, 3.63) is 48.5 Å². The average Bonchev–Trinajstić information content (AvgIpc) is 3.21. The number of aryl methyl sites for hydroxylation is 1. The summed E-state index contributed by atoms with van der Waals surface area (Å²) in [6, 6.07) is 9.86. The second-order valence-corrected chi connectivity index (χ2v) is 6.39. The minimum Gasteiger partial charge on any atom is -0.335 e.